The number of esters is 1. The third kappa shape index (κ3) is 17.0. The van der Waals surface area contributed by atoms with Crippen LogP contribution in [0.25, 0.3) is 0 Å². The third-order valence-corrected chi connectivity index (χ3v) is 3.02. The molecule has 0 unspecified atom stereocenters. The van der Waals surface area contributed by atoms with Crippen LogP contribution in [0.5, 0.6) is 0 Å². The fraction of sp³-hybridized carbons (Fsp3) is 0.800. The van der Waals surface area contributed by atoms with Crippen LogP contribution in [0.4, 0.5) is 0 Å². The molecule has 144 valence electrons. The number of carbonyl (C=O) groups excluding carboxylic acids is 2. The number of hydrogen-bond donors (Lipinski definition) is 2. The van der Waals surface area contributed by atoms with Crippen molar-refractivity contribution in [1.29, 1.82) is 0 Å². The molecular weight excluding hydrogens is 340 g/mol. The molecule has 0 amide bonds. The summed E-state index contributed by atoms with van der Waals surface area (Å²) in [5.41, 5.74) is 5.27. The molecule has 0 bridgehead atoms. The zero-order valence-electron chi connectivity index (χ0n) is 15.3. The summed E-state index contributed by atoms with van der Waals surface area (Å²) in [4.78, 5) is 31.2. The summed E-state index contributed by atoms with van der Waals surface area (Å²) in [5.74, 6) is -2.51. The number of halogens is 1. The highest BCUT2D eigenvalue weighted by molar-refractivity contribution is 5.85. The summed E-state index contributed by atoms with van der Waals surface area (Å²) >= 11 is 0. The maximum absolute atomic E-state index is 10.7. The van der Waals surface area contributed by atoms with Gasteiger partial charge in [-0.05, 0) is 5.92 Å². The van der Waals surface area contributed by atoms with E-state index in [1.54, 1.807) is 0 Å². The number of quaternary nitrogens is 1. The van der Waals surface area contributed by atoms with Gasteiger partial charge in [-0.25, -0.2) is 0 Å². The Morgan fingerprint density at radius 1 is 1.25 bits per heavy atom. The zero-order chi connectivity index (χ0) is 18.8. The van der Waals surface area contributed by atoms with Gasteiger partial charge in [0.15, 0.2) is 6.10 Å². The second kappa shape index (κ2) is 13.0. The molecule has 8 nitrogen and oxygen atoms in total. The number of hydrogen-bond acceptors (Lipinski definition) is 6. The number of aliphatic carboxylic acids is 2. The monoisotopic (exact) mass is 370 g/mol. The molecule has 0 saturated heterocycles. The van der Waals surface area contributed by atoms with Gasteiger partial charge in [-0.15, -0.1) is 12.4 Å². The van der Waals surface area contributed by atoms with Crippen molar-refractivity contribution < 1.29 is 33.8 Å². The lowest BCUT2D eigenvalue weighted by Gasteiger charge is -2.28. The van der Waals surface area contributed by atoms with Crippen LogP contribution >= 0.6 is 12.4 Å². The molecule has 9 heteroatoms. The fourth-order valence-corrected chi connectivity index (χ4v) is 1.67. The number of carbonyl (C=O) groups is 3. The molecule has 0 aromatic carbocycles. The molecule has 0 heterocycles. The normalized spacial score (nSPS) is 14.1. The van der Waals surface area contributed by atoms with E-state index in [-0.39, 0.29) is 24.7 Å². The number of nitrogens with zero attached hydrogens (tertiary/aromatic N) is 1. The molecule has 24 heavy (non-hydrogen) atoms. The Kier molecular flexibility index (Phi) is 14.8. The number of ether oxygens (including phenoxy) is 1. The highest BCUT2D eigenvalue weighted by atomic mass is 35.5. The molecule has 0 rings (SSSR count). The number of likely N-dealkylation sites (N-methyl/N-ethyl adjacent to an activating group) is 1. The molecule has 0 fully saturated rings. The Hall–Kier alpha value is -1.38. The highest BCUT2D eigenvalue weighted by Gasteiger charge is 2.20. The Morgan fingerprint density at radius 2 is 1.71 bits per heavy atom. The van der Waals surface area contributed by atoms with Crippen LogP contribution in [-0.4, -0.2) is 67.3 Å². The Bertz CT molecular complexity index is 382. The van der Waals surface area contributed by atoms with E-state index in [1.807, 2.05) is 35.0 Å². The predicted octanol–water partition coefficient (Wildman–Crippen LogP) is -0.369. The van der Waals surface area contributed by atoms with Crippen molar-refractivity contribution in [2.45, 2.75) is 45.8 Å². The van der Waals surface area contributed by atoms with E-state index in [4.69, 9.17) is 15.6 Å². The molecule has 3 atom stereocenters. The second-order valence-corrected chi connectivity index (χ2v) is 6.53. The zero-order valence-corrected chi connectivity index (χ0v) is 16.1. The van der Waals surface area contributed by atoms with E-state index in [2.05, 4.69) is 0 Å². The largest absolute Gasteiger partial charge is 0.550 e. The quantitative estimate of drug-likeness (QED) is 0.440. The van der Waals surface area contributed by atoms with Crippen LogP contribution in [0.2, 0.25) is 0 Å². The lowest BCUT2D eigenvalue weighted by molar-refractivity contribution is -0.873. The van der Waals surface area contributed by atoms with Gasteiger partial charge >= 0.3 is 11.9 Å². The van der Waals surface area contributed by atoms with Gasteiger partial charge in [-0.2, -0.15) is 0 Å². The average Bonchev–Trinajstić information content (AvgIpc) is 2.33. The number of nitrogens with two attached hydrogens (primary N) is 1. The molecule has 0 saturated carbocycles. The van der Waals surface area contributed by atoms with Crippen molar-refractivity contribution in [3.05, 3.63) is 0 Å². The van der Waals surface area contributed by atoms with Gasteiger partial charge in [0.05, 0.1) is 21.1 Å². The van der Waals surface area contributed by atoms with E-state index in [1.165, 1.54) is 6.92 Å². The minimum absolute atomic E-state index is 0. The molecule has 0 spiro atoms. The Balaban J connectivity index is -0.000000385. The predicted molar refractivity (Wildman–Crippen MR) is 90.4 cm³/mol. The number of carboxylic acids is 2. The van der Waals surface area contributed by atoms with E-state index >= 15 is 0 Å². The molecular formula is C15H31ClN2O6. The standard InChI is InChI=1S/C9H17NO4.C6H13NO2.ClH/c1-7(11)14-8(5-9(12)13)6-10(2,3)4;1-3-4(2)5(7)6(8)9;/h8H,5-6H2,1-4H3;4-5H,3,7H2,1-2H3,(H,8,9);1H/t8-;4-,5-;/m10./s1. The summed E-state index contributed by atoms with van der Waals surface area (Å²) in [6.45, 7) is 5.47. The SMILES string of the molecule is CC(=O)O[C@H](CC(=O)[O-])C[N+](C)(C)C.CC[C@H](C)[C@H](N)C(=O)O.Cl. The van der Waals surface area contributed by atoms with Gasteiger partial charge in [0.25, 0.3) is 0 Å². The van der Waals surface area contributed by atoms with E-state index < -0.39 is 30.1 Å². The average molecular weight is 371 g/mol. The molecule has 0 aliphatic heterocycles. The van der Waals surface area contributed by atoms with Crippen LogP contribution in [0, 0.1) is 5.92 Å². The highest BCUT2D eigenvalue weighted by Crippen LogP contribution is 2.05. The smallest absolute Gasteiger partial charge is 0.320 e. The van der Waals surface area contributed by atoms with Crippen molar-refractivity contribution in [2.24, 2.45) is 11.7 Å². The van der Waals surface area contributed by atoms with Crippen LogP contribution in [0.15, 0.2) is 0 Å². The lowest BCUT2D eigenvalue weighted by atomic mass is 10.0. The van der Waals surface area contributed by atoms with Crippen molar-refractivity contribution in [3.8, 4) is 0 Å². The van der Waals surface area contributed by atoms with Crippen LogP contribution in [0.3, 0.4) is 0 Å². The summed E-state index contributed by atoms with van der Waals surface area (Å²) < 4.78 is 5.39. The van der Waals surface area contributed by atoms with Gasteiger partial charge in [0, 0.05) is 19.3 Å². The van der Waals surface area contributed by atoms with Crippen molar-refractivity contribution >= 4 is 30.3 Å². The molecule has 0 aliphatic rings. The number of rotatable bonds is 8. The van der Waals surface area contributed by atoms with E-state index in [0.29, 0.717) is 11.0 Å². The summed E-state index contributed by atoms with van der Waals surface area (Å²) in [6, 6.07) is -0.699. The Morgan fingerprint density at radius 3 is 1.92 bits per heavy atom. The van der Waals surface area contributed by atoms with Gasteiger partial charge < -0.3 is 30.0 Å². The maximum atomic E-state index is 10.7. The van der Waals surface area contributed by atoms with Crippen LogP contribution in [-0.2, 0) is 19.1 Å². The molecule has 0 aromatic rings. The fourth-order valence-electron chi connectivity index (χ4n) is 1.67. The van der Waals surface area contributed by atoms with Crippen molar-refractivity contribution in [3.63, 3.8) is 0 Å². The molecule has 0 radical (unpaired) electrons. The van der Waals surface area contributed by atoms with Gasteiger partial charge in [0.1, 0.15) is 12.6 Å². The molecule has 0 aliphatic carbocycles. The molecule has 3 N–H and O–H groups in total. The Labute approximate surface area is 150 Å². The van der Waals surface area contributed by atoms with Crippen LogP contribution < -0.4 is 10.8 Å². The van der Waals surface area contributed by atoms with Gasteiger partial charge in [-0.3, -0.25) is 9.59 Å². The second-order valence-electron chi connectivity index (χ2n) is 6.53. The topological polar surface area (TPSA) is 130 Å². The van der Waals surface area contributed by atoms with E-state index in [9.17, 15) is 19.5 Å². The van der Waals surface area contributed by atoms with Crippen molar-refractivity contribution in [2.75, 3.05) is 27.7 Å². The lowest BCUT2D eigenvalue weighted by Crippen LogP contribution is -2.45. The maximum Gasteiger partial charge on any atom is 0.320 e. The molecule has 0 aromatic heterocycles. The number of carboxylic acid groups (broad SMARTS) is 2. The summed E-state index contributed by atoms with van der Waals surface area (Å²) in [5, 5.41) is 18.7. The first kappa shape index (κ1) is 27.5. The van der Waals surface area contributed by atoms with E-state index in [0.717, 1.165) is 6.42 Å². The first-order valence-corrected chi connectivity index (χ1v) is 7.46. The third-order valence-electron chi connectivity index (χ3n) is 3.02. The summed E-state index contributed by atoms with van der Waals surface area (Å²) in [7, 11) is 5.68. The van der Waals surface area contributed by atoms with Crippen LogP contribution in [0.1, 0.15) is 33.6 Å². The van der Waals surface area contributed by atoms with Gasteiger partial charge in [0.2, 0.25) is 0 Å². The van der Waals surface area contributed by atoms with Crippen molar-refractivity contribution in [1.82, 2.24) is 0 Å². The minimum atomic E-state index is -1.20. The first-order valence-electron chi connectivity index (χ1n) is 7.46. The first-order chi connectivity index (χ1) is 10.3. The van der Waals surface area contributed by atoms with Gasteiger partial charge in [-0.1, -0.05) is 20.3 Å². The summed E-state index contributed by atoms with van der Waals surface area (Å²) in [6.07, 6.45) is -0.0553. The minimum Gasteiger partial charge on any atom is -0.550 e.